The first-order chi connectivity index (χ1) is 7.06. The van der Waals surface area contributed by atoms with E-state index in [0.717, 1.165) is 11.3 Å². The van der Waals surface area contributed by atoms with Gasteiger partial charge < -0.3 is 9.84 Å². The molecule has 1 unspecified atom stereocenters. The summed E-state index contributed by atoms with van der Waals surface area (Å²) in [7, 11) is 3.15. The van der Waals surface area contributed by atoms with E-state index in [1.165, 1.54) is 7.11 Å². The van der Waals surface area contributed by atoms with Crippen LogP contribution in [0.4, 0.5) is 0 Å². The molecule has 0 aliphatic carbocycles. The minimum absolute atomic E-state index is 0.214. The molecule has 0 aliphatic rings. The normalized spacial score (nSPS) is 12.5. The number of esters is 1. The summed E-state index contributed by atoms with van der Waals surface area (Å²) in [6.07, 6.45) is 1.54. The summed E-state index contributed by atoms with van der Waals surface area (Å²) in [5.74, 6) is -0.310. The van der Waals surface area contributed by atoms with Crippen molar-refractivity contribution in [2.75, 3.05) is 7.11 Å². The monoisotopic (exact) mass is 212 g/mol. The van der Waals surface area contributed by atoms with Crippen LogP contribution in [0.1, 0.15) is 30.2 Å². The number of carbonyl (C=O) groups excluding carboxylic acids is 1. The van der Waals surface area contributed by atoms with Crippen molar-refractivity contribution in [3.8, 4) is 0 Å². The van der Waals surface area contributed by atoms with E-state index in [9.17, 15) is 9.90 Å². The number of rotatable bonds is 4. The smallest absolute Gasteiger partial charge is 0.305 e. The van der Waals surface area contributed by atoms with Crippen molar-refractivity contribution < 1.29 is 14.6 Å². The molecule has 1 atom stereocenters. The van der Waals surface area contributed by atoms with E-state index in [1.807, 2.05) is 14.0 Å². The van der Waals surface area contributed by atoms with Gasteiger partial charge in [-0.15, -0.1) is 0 Å². The van der Waals surface area contributed by atoms with Gasteiger partial charge in [-0.1, -0.05) is 0 Å². The molecule has 15 heavy (non-hydrogen) atoms. The zero-order chi connectivity index (χ0) is 11.4. The highest BCUT2D eigenvalue weighted by Gasteiger charge is 2.15. The van der Waals surface area contributed by atoms with Crippen molar-refractivity contribution in [1.82, 2.24) is 9.78 Å². The average Bonchev–Trinajstić information content (AvgIpc) is 2.56. The van der Waals surface area contributed by atoms with Crippen LogP contribution >= 0.6 is 0 Å². The maximum absolute atomic E-state index is 10.9. The molecular formula is C10H16N2O3. The van der Waals surface area contributed by atoms with Crippen LogP contribution in [0.2, 0.25) is 0 Å². The lowest BCUT2D eigenvalue weighted by atomic mass is 10.1. The van der Waals surface area contributed by atoms with Crippen molar-refractivity contribution in [3.05, 3.63) is 17.5 Å². The molecule has 0 spiro atoms. The number of carbonyl (C=O) groups is 1. The van der Waals surface area contributed by atoms with Crippen molar-refractivity contribution in [3.63, 3.8) is 0 Å². The summed E-state index contributed by atoms with van der Waals surface area (Å²) in [6, 6.07) is 0. The first kappa shape index (κ1) is 11.7. The summed E-state index contributed by atoms with van der Waals surface area (Å²) in [4.78, 5) is 10.9. The molecule has 84 valence electrons. The lowest BCUT2D eigenvalue weighted by molar-refractivity contribution is -0.141. The molecule has 0 bridgehead atoms. The van der Waals surface area contributed by atoms with Crippen LogP contribution in [0.3, 0.4) is 0 Å². The van der Waals surface area contributed by atoms with Crippen molar-refractivity contribution in [2.24, 2.45) is 7.05 Å². The summed E-state index contributed by atoms with van der Waals surface area (Å²) in [6.45, 7) is 1.88. The Morgan fingerprint density at radius 2 is 2.40 bits per heavy atom. The van der Waals surface area contributed by atoms with E-state index in [1.54, 1.807) is 10.9 Å². The summed E-state index contributed by atoms with van der Waals surface area (Å²) in [5.41, 5.74) is 1.67. The Morgan fingerprint density at radius 3 is 2.87 bits per heavy atom. The van der Waals surface area contributed by atoms with Gasteiger partial charge in [0.05, 0.1) is 19.4 Å². The first-order valence-corrected chi connectivity index (χ1v) is 4.79. The Kier molecular flexibility index (Phi) is 3.85. The molecule has 0 aliphatic heterocycles. The fourth-order valence-electron chi connectivity index (χ4n) is 1.35. The predicted octanol–water partition coefficient (Wildman–Crippen LogP) is 0.715. The van der Waals surface area contributed by atoms with Gasteiger partial charge in [-0.2, -0.15) is 5.10 Å². The van der Waals surface area contributed by atoms with Gasteiger partial charge in [-0.05, 0) is 13.3 Å². The third-order valence-corrected chi connectivity index (χ3v) is 2.48. The van der Waals surface area contributed by atoms with Gasteiger partial charge in [-0.3, -0.25) is 9.48 Å². The van der Waals surface area contributed by atoms with Gasteiger partial charge in [0, 0.05) is 24.7 Å². The molecule has 1 N–H and O–H groups in total. The molecule has 0 saturated carbocycles. The number of aryl methyl sites for hydroxylation is 1. The third-order valence-electron chi connectivity index (χ3n) is 2.48. The van der Waals surface area contributed by atoms with E-state index in [-0.39, 0.29) is 12.4 Å². The number of hydrogen-bond acceptors (Lipinski definition) is 4. The van der Waals surface area contributed by atoms with Crippen molar-refractivity contribution in [2.45, 2.75) is 25.9 Å². The highest BCUT2D eigenvalue weighted by molar-refractivity contribution is 5.69. The number of ether oxygens (including phenoxy) is 1. The molecule has 0 amide bonds. The minimum Gasteiger partial charge on any atom is -0.469 e. The molecule has 1 aromatic rings. The fourth-order valence-corrected chi connectivity index (χ4v) is 1.35. The molecular weight excluding hydrogens is 196 g/mol. The Bertz CT molecular complexity index is 346. The maximum Gasteiger partial charge on any atom is 0.305 e. The zero-order valence-corrected chi connectivity index (χ0v) is 9.23. The predicted molar refractivity (Wildman–Crippen MR) is 54.2 cm³/mol. The third kappa shape index (κ3) is 2.79. The Balaban J connectivity index is 2.57. The fraction of sp³-hybridized carbons (Fsp3) is 0.600. The number of hydrogen-bond donors (Lipinski definition) is 1. The Labute approximate surface area is 88.7 Å². The lowest BCUT2D eigenvalue weighted by Gasteiger charge is -2.08. The van der Waals surface area contributed by atoms with Gasteiger partial charge in [0.1, 0.15) is 0 Å². The SMILES string of the molecule is COC(=O)CCC(O)c1cnn(C)c1C. The van der Waals surface area contributed by atoms with Crippen molar-refractivity contribution in [1.29, 1.82) is 0 Å². The van der Waals surface area contributed by atoms with Crippen LogP contribution in [0, 0.1) is 6.92 Å². The largest absolute Gasteiger partial charge is 0.469 e. The average molecular weight is 212 g/mol. The molecule has 1 rings (SSSR count). The molecule has 0 fully saturated rings. The van der Waals surface area contributed by atoms with E-state index in [2.05, 4.69) is 9.84 Å². The number of aromatic nitrogens is 2. The van der Waals surface area contributed by atoms with E-state index < -0.39 is 6.10 Å². The van der Waals surface area contributed by atoms with Gasteiger partial charge >= 0.3 is 5.97 Å². The number of nitrogens with zero attached hydrogens (tertiary/aromatic N) is 2. The Hall–Kier alpha value is -1.36. The van der Waals surface area contributed by atoms with Gasteiger partial charge in [0.15, 0.2) is 0 Å². The first-order valence-electron chi connectivity index (χ1n) is 4.79. The van der Waals surface area contributed by atoms with Crippen LogP contribution in [0.15, 0.2) is 6.20 Å². The highest BCUT2D eigenvalue weighted by atomic mass is 16.5. The Morgan fingerprint density at radius 1 is 1.73 bits per heavy atom. The topological polar surface area (TPSA) is 64.3 Å². The van der Waals surface area contributed by atoms with Gasteiger partial charge in [-0.25, -0.2) is 0 Å². The molecule has 5 nitrogen and oxygen atoms in total. The standard InChI is InChI=1S/C10H16N2O3/c1-7-8(6-11-12(7)2)9(13)4-5-10(14)15-3/h6,9,13H,4-5H2,1-3H3. The molecule has 1 aromatic heterocycles. The second-order valence-electron chi connectivity index (χ2n) is 3.44. The zero-order valence-electron chi connectivity index (χ0n) is 9.23. The number of aliphatic hydroxyl groups is 1. The second-order valence-corrected chi connectivity index (χ2v) is 3.44. The molecule has 0 aromatic carbocycles. The number of methoxy groups -OCH3 is 1. The van der Waals surface area contributed by atoms with Gasteiger partial charge in [0.2, 0.25) is 0 Å². The molecule has 0 saturated heterocycles. The van der Waals surface area contributed by atoms with Crippen LogP contribution in [0.25, 0.3) is 0 Å². The van der Waals surface area contributed by atoms with E-state index >= 15 is 0 Å². The van der Waals surface area contributed by atoms with Crippen molar-refractivity contribution >= 4 is 5.97 Å². The molecule has 1 heterocycles. The summed E-state index contributed by atoms with van der Waals surface area (Å²) >= 11 is 0. The lowest BCUT2D eigenvalue weighted by Crippen LogP contribution is -2.05. The summed E-state index contributed by atoms with van der Waals surface area (Å²) in [5, 5.41) is 13.8. The second kappa shape index (κ2) is 4.93. The maximum atomic E-state index is 10.9. The summed E-state index contributed by atoms with van der Waals surface area (Å²) < 4.78 is 6.19. The highest BCUT2D eigenvalue weighted by Crippen LogP contribution is 2.21. The van der Waals surface area contributed by atoms with Crippen LogP contribution in [-0.4, -0.2) is 28.0 Å². The number of aliphatic hydroxyl groups excluding tert-OH is 1. The van der Waals surface area contributed by atoms with Gasteiger partial charge in [0.25, 0.3) is 0 Å². The molecule has 5 heteroatoms. The van der Waals surface area contributed by atoms with Crippen LogP contribution < -0.4 is 0 Å². The van der Waals surface area contributed by atoms with Crippen LogP contribution in [-0.2, 0) is 16.6 Å². The van der Waals surface area contributed by atoms with E-state index in [0.29, 0.717) is 6.42 Å². The quantitative estimate of drug-likeness (QED) is 0.747. The van der Waals surface area contributed by atoms with E-state index in [4.69, 9.17) is 0 Å². The minimum atomic E-state index is -0.655. The van der Waals surface area contributed by atoms with Crippen LogP contribution in [0.5, 0.6) is 0 Å². The molecule has 0 radical (unpaired) electrons.